The van der Waals surface area contributed by atoms with Crippen LogP contribution in [-0.2, 0) is 17.6 Å². The summed E-state index contributed by atoms with van der Waals surface area (Å²) in [6.07, 6.45) is 2.59. The molecule has 0 saturated carbocycles. The number of fused-ring (bicyclic) bond motifs is 1. The van der Waals surface area contributed by atoms with Crippen LogP contribution in [-0.4, -0.2) is 38.9 Å². The second-order valence-corrected chi connectivity index (χ2v) is 8.75. The van der Waals surface area contributed by atoms with Gasteiger partial charge in [-0.1, -0.05) is 36.0 Å². The first-order valence-electron chi connectivity index (χ1n) is 10.8. The first kappa shape index (κ1) is 23.7. The number of hydrogen-bond acceptors (Lipinski definition) is 6. The third kappa shape index (κ3) is 5.20. The molecular weight excluding hydrogens is 453 g/mol. The van der Waals surface area contributed by atoms with Crippen molar-refractivity contribution in [1.29, 1.82) is 0 Å². The van der Waals surface area contributed by atoms with E-state index in [9.17, 15) is 9.18 Å². The van der Waals surface area contributed by atoms with Gasteiger partial charge in [0, 0.05) is 17.0 Å². The molecule has 0 spiro atoms. The number of carbonyl (C=O) groups is 1. The standard InChI is InChI=1S/C25H26FN5O2S/c1-15-21(16(2)31-24(27-15)29-25(30-31)34-4)14-23(32)28-22(13-17-5-9-19(26)10-6-17)18-7-11-20(33-3)12-8-18/h5-12,22H,13-14H2,1-4H3,(H,28,32). The van der Waals surface area contributed by atoms with Gasteiger partial charge in [-0.25, -0.2) is 13.9 Å². The maximum Gasteiger partial charge on any atom is 0.253 e. The Hall–Kier alpha value is -3.46. The summed E-state index contributed by atoms with van der Waals surface area (Å²) in [5.74, 6) is 0.829. The van der Waals surface area contributed by atoms with Crippen LogP contribution in [0.4, 0.5) is 4.39 Å². The highest BCUT2D eigenvalue weighted by atomic mass is 32.2. The lowest BCUT2D eigenvalue weighted by Crippen LogP contribution is -2.32. The second-order valence-electron chi connectivity index (χ2n) is 7.97. The SMILES string of the molecule is COc1ccc(C(Cc2ccc(F)cc2)NC(=O)Cc2c(C)nc3nc(SC)nn3c2C)cc1. The molecule has 1 atom stereocenters. The Balaban J connectivity index is 1.59. The fourth-order valence-electron chi connectivity index (χ4n) is 3.88. The van der Waals surface area contributed by atoms with Crippen molar-refractivity contribution in [1.82, 2.24) is 24.9 Å². The molecule has 0 fully saturated rings. The molecule has 0 radical (unpaired) electrons. The topological polar surface area (TPSA) is 81.4 Å². The highest BCUT2D eigenvalue weighted by Gasteiger charge is 2.20. The van der Waals surface area contributed by atoms with E-state index in [0.717, 1.165) is 33.8 Å². The molecule has 0 saturated heterocycles. The van der Waals surface area contributed by atoms with Gasteiger partial charge in [0.15, 0.2) is 0 Å². The summed E-state index contributed by atoms with van der Waals surface area (Å²) >= 11 is 1.44. The van der Waals surface area contributed by atoms with E-state index < -0.39 is 0 Å². The van der Waals surface area contributed by atoms with Crippen LogP contribution >= 0.6 is 11.8 Å². The van der Waals surface area contributed by atoms with Crippen molar-refractivity contribution in [3.05, 3.63) is 82.4 Å². The van der Waals surface area contributed by atoms with Gasteiger partial charge in [-0.3, -0.25) is 4.79 Å². The minimum Gasteiger partial charge on any atom is -0.497 e. The van der Waals surface area contributed by atoms with Gasteiger partial charge in [-0.2, -0.15) is 4.98 Å². The molecule has 2 heterocycles. The van der Waals surface area contributed by atoms with Crippen LogP contribution in [0.3, 0.4) is 0 Å². The van der Waals surface area contributed by atoms with E-state index >= 15 is 0 Å². The fraction of sp³-hybridized carbons (Fsp3) is 0.280. The average Bonchev–Trinajstić information content (AvgIpc) is 3.26. The van der Waals surface area contributed by atoms with E-state index in [4.69, 9.17) is 4.74 Å². The van der Waals surface area contributed by atoms with Gasteiger partial charge >= 0.3 is 0 Å². The third-order valence-electron chi connectivity index (χ3n) is 5.76. The summed E-state index contributed by atoms with van der Waals surface area (Å²) in [7, 11) is 1.61. The van der Waals surface area contributed by atoms with Gasteiger partial charge < -0.3 is 10.1 Å². The van der Waals surface area contributed by atoms with Crippen molar-refractivity contribution >= 4 is 23.4 Å². The Kier molecular flexibility index (Phi) is 7.12. The predicted molar refractivity (Wildman–Crippen MR) is 130 cm³/mol. The zero-order valence-corrected chi connectivity index (χ0v) is 20.3. The molecule has 0 aliphatic carbocycles. The van der Waals surface area contributed by atoms with Crippen LogP contribution in [0.5, 0.6) is 5.75 Å². The Morgan fingerprint density at radius 3 is 2.47 bits per heavy atom. The van der Waals surface area contributed by atoms with Crippen molar-refractivity contribution in [3.63, 3.8) is 0 Å². The normalized spacial score (nSPS) is 12.0. The van der Waals surface area contributed by atoms with Crippen LogP contribution < -0.4 is 10.1 Å². The number of nitrogens with one attached hydrogen (secondary N) is 1. The predicted octanol–water partition coefficient (Wildman–Crippen LogP) is 4.25. The zero-order valence-electron chi connectivity index (χ0n) is 19.5. The van der Waals surface area contributed by atoms with E-state index in [2.05, 4.69) is 20.4 Å². The van der Waals surface area contributed by atoms with Crippen LogP contribution in [0.15, 0.2) is 53.7 Å². The second kappa shape index (κ2) is 10.2. The van der Waals surface area contributed by atoms with E-state index in [0.29, 0.717) is 17.4 Å². The fourth-order valence-corrected chi connectivity index (χ4v) is 4.22. The molecule has 4 rings (SSSR count). The van der Waals surface area contributed by atoms with Crippen molar-refractivity contribution in [2.45, 2.75) is 37.9 Å². The quantitative estimate of drug-likeness (QED) is 0.381. The van der Waals surface area contributed by atoms with Gasteiger partial charge in [0.2, 0.25) is 11.1 Å². The maximum atomic E-state index is 13.4. The molecule has 1 N–H and O–H groups in total. The summed E-state index contributed by atoms with van der Waals surface area (Å²) in [6, 6.07) is 13.6. The molecule has 7 nitrogen and oxygen atoms in total. The van der Waals surface area contributed by atoms with Gasteiger partial charge in [-0.15, -0.1) is 5.10 Å². The molecule has 4 aromatic rings. The summed E-state index contributed by atoms with van der Waals surface area (Å²) in [5.41, 5.74) is 4.26. The molecule has 9 heteroatoms. The molecule has 0 aliphatic rings. The molecule has 2 aromatic carbocycles. The summed E-state index contributed by atoms with van der Waals surface area (Å²) < 4.78 is 20.3. The number of rotatable bonds is 8. The minimum absolute atomic E-state index is 0.138. The Bertz CT molecular complexity index is 1310. The number of hydrogen-bond donors (Lipinski definition) is 1. The molecule has 34 heavy (non-hydrogen) atoms. The number of methoxy groups -OCH3 is 1. The van der Waals surface area contributed by atoms with Crippen LogP contribution in [0, 0.1) is 19.7 Å². The summed E-state index contributed by atoms with van der Waals surface area (Å²) in [5, 5.41) is 8.24. The number of aromatic nitrogens is 4. The van der Waals surface area contributed by atoms with Crippen LogP contribution in [0.1, 0.15) is 34.1 Å². The minimum atomic E-state index is -0.296. The largest absolute Gasteiger partial charge is 0.497 e. The van der Waals surface area contributed by atoms with E-state index in [1.807, 2.05) is 44.4 Å². The number of carbonyl (C=O) groups excluding carboxylic acids is 1. The molecule has 0 bridgehead atoms. The van der Waals surface area contributed by atoms with E-state index in [1.165, 1.54) is 23.9 Å². The number of aryl methyl sites for hydroxylation is 2. The highest BCUT2D eigenvalue weighted by Crippen LogP contribution is 2.23. The van der Waals surface area contributed by atoms with Crippen LogP contribution in [0.25, 0.3) is 5.78 Å². The lowest BCUT2D eigenvalue weighted by atomic mass is 9.98. The lowest BCUT2D eigenvalue weighted by molar-refractivity contribution is -0.121. The first-order chi connectivity index (χ1) is 16.4. The maximum absolute atomic E-state index is 13.4. The van der Waals surface area contributed by atoms with E-state index in [1.54, 1.807) is 23.8 Å². The number of amides is 1. The molecule has 2 aromatic heterocycles. The van der Waals surface area contributed by atoms with Gasteiger partial charge in [0.05, 0.1) is 19.6 Å². The average molecular weight is 480 g/mol. The Morgan fingerprint density at radius 1 is 1.12 bits per heavy atom. The number of benzene rings is 2. The molecule has 1 unspecified atom stereocenters. The Labute approximate surface area is 201 Å². The number of thioether (sulfide) groups is 1. The number of halogens is 1. The smallest absolute Gasteiger partial charge is 0.253 e. The zero-order chi connectivity index (χ0) is 24.2. The van der Waals surface area contributed by atoms with Crippen LogP contribution in [0.2, 0.25) is 0 Å². The summed E-state index contributed by atoms with van der Waals surface area (Å²) in [4.78, 5) is 22.1. The molecule has 0 aliphatic heterocycles. The van der Waals surface area contributed by atoms with Crippen molar-refractivity contribution in [2.24, 2.45) is 0 Å². The molecule has 176 valence electrons. The molecule has 1 amide bonds. The lowest BCUT2D eigenvalue weighted by Gasteiger charge is -2.20. The van der Waals surface area contributed by atoms with E-state index in [-0.39, 0.29) is 24.2 Å². The first-order valence-corrected chi connectivity index (χ1v) is 12.0. The third-order valence-corrected chi connectivity index (χ3v) is 6.29. The molecular formula is C25H26FN5O2S. The van der Waals surface area contributed by atoms with Gasteiger partial charge in [0.25, 0.3) is 5.78 Å². The number of nitrogens with zero attached hydrogens (tertiary/aromatic N) is 4. The Morgan fingerprint density at radius 2 is 1.82 bits per heavy atom. The summed E-state index contributed by atoms with van der Waals surface area (Å²) in [6.45, 7) is 3.80. The van der Waals surface area contributed by atoms with Crippen molar-refractivity contribution in [2.75, 3.05) is 13.4 Å². The number of ether oxygens (including phenoxy) is 1. The highest BCUT2D eigenvalue weighted by molar-refractivity contribution is 7.98. The van der Waals surface area contributed by atoms with Crippen molar-refractivity contribution in [3.8, 4) is 5.75 Å². The van der Waals surface area contributed by atoms with Gasteiger partial charge in [-0.05, 0) is 61.9 Å². The van der Waals surface area contributed by atoms with Crippen molar-refractivity contribution < 1.29 is 13.9 Å². The monoisotopic (exact) mass is 479 g/mol. The van der Waals surface area contributed by atoms with Gasteiger partial charge in [0.1, 0.15) is 11.6 Å².